The Morgan fingerprint density at radius 3 is 2.54 bits per heavy atom. The number of benzene rings is 1. The summed E-state index contributed by atoms with van der Waals surface area (Å²) in [5.41, 5.74) is 6.00. The molecule has 0 bridgehead atoms. The first-order valence-electron chi connectivity index (χ1n) is 9.55. The van der Waals surface area contributed by atoms with Crippen molar-refractivity contribution in [1.82, 2.24) is 9.55 Å². The van der Waals surface area contributed by atoms with Gasteiger partial charge in [-0.1, -0.05) is 42.8 Å². The molecule has 3 aromatic rings. The molecule has 0 fully saturated rings. The molecule has 0 aliphatic heterocycles. The molecule has 0 atom stereocenters. The lowest BCUT2D eigenvalue weighted by Crippen LogP contribution is -2.27. The Hall–Kier alpha value is -2.52. The summed E-state index contributed by atoms with van der Waals surface area (Å²) in [6.07, 6.45) is 8.98. The van der Waals surface area contributed by atoms with Gasteiger partial charge in [0.25, 0.3) is 0 Å². The number of aromatic nitrogens is 2. The molecule has 0 saturated carbocycles. The SMILES string of the molecule is C=C(C)/C=c1\c(=C/C)cc(-c2cccnc2)n1C.CCc1cc(C)ccc1S. The quantitative estimate of drug-likeness (QED) is 0.617. The molecule has 0 N–H and O–H groups in total. The Kier molecular flexibility index (Phi) is 7.89. The van der Waals surface area contributed by atoms with Crippen LogP contribution < -0.4 is 10.6 Å². The van der Waals surface area contributed by atoms with Crippen LogP contribution in [0, 0.1) is 6.92 Å². The van der Waals surface area contributed by atoms with Crippen molar-refractivity contribution in [3.63, 3.8) is 0 Å². The first kappa shape index (κ1) is 21.8. The lowest BCUT2D eigenvalue weighted by molar-refractivity contribution is 0.896. The van der Waals surface area contributed by atoms with E-state index in [0.29, 0.717) is 0 Å². The lowest BCUT2D eigenvalue weighted by Gasteiger charge is -2.02. The summed E-state index contributed by atoms with van der Waals surface area (Å²) < 4.78 is 2.18. The third-order valence-corrected chi connectivity index (χ3v) is 5.01. The summed E-state index contributed by atoms with van der Waals surface area (Å²) in [5.74, 6) is 0. The molecular formula is C25H30N2S. The summed E-state index contributed by atoms with van der Waals surface area (Å²) >= 11 is 4.33. The smallest absolute Gasteiger partial charge is 0.0504 e. The fourth-order valence-electron chi connectivity index (χ4n) is 3.07. The zero-order chi connectivity index (χ0) is 20.7. The number of allylic oxidation sites excluding steroid dienone is 1. The minimum atomic E-state index is 1.05. The van der Waals surface area contributed by atoms with E-state index in [1.165, 1.54) is 27.4 Å². The van der Waals surface area contributed by atoms with Crippen LogP contribution in [0.2, 0.25) is 0 Å². The van der Waals surface area contributed by atoms with Crippen molar-refractivity contribution in [3.8, 4) is 11.3 Å². The van der Waals surface area contributed by atoms with Gasteiger partial charge in [-0.25, -0.2) is 0 Å². The predicted octanol–water partition coefficient (Wildman–Crippen LogP) is 5.09. The van der Waals surface area contributed by atoms with E-state index in [9.17, 15) is 0 Å². The highest BCUT2D eigenvalue weighted by atomic mass is 32.1. The van der Waals surface area contributed by atoms with E-state index in [0.717, 1.165) is 22.5 Å². The molecule has 0 saturated heterocycles. The van der Waals surface area contributed by atoms with Crippen LogP contribution in [0.3, 0.4) is 0 Å². The van der Waals surface area contributed by atoms with E-state index < -0.39 is 0 Å². The van der Waals surface area contributed by atoms with Crippen LogP contribution in [-0.2, 0) is 13.5 Å². The van der Waals surface area contributed by atoms with E-state index in [1.807, 2.05) is 19.2 Å². The highest BCUT2D eigenvalue weighted by Gasteiger charge is 2.04. The molecule has 2 nitrogen and oxygen atoms in total. The second-order valence-corrected chi connectivity index (χ2v) is 7.42. The Morgan fingerprint density at radius 2 is 2.00 bits per heavy atom. The highest BCUT2D eigenvalue weighted by Crippen LogP contribution is 2.15. The fourth-order valence-corrected chi connectivity index (χ4v) is 3.37. The van der Waals surface area contributed by atoms with Crippen molar-refractivity contribution in [2.75, 3.05) is 0 Å². The van der Waals surface area contributed by atoms with Crippen molar-refractivity contribution in [2.24, 2.45) is 7.05 Å². The molecule has 0 unspecified atom stereocenters. The van der Waals surface area contributed by atoms with Gasteiger partial charge >= 0.3 is 0 Å². The van der Waals surface area contributed by atoms with Gasteiger partial charge in [0, 0.05) is 35.2 Å². The van der Waals surface area contributed by atoms with Crippen molar-refractivity contribution >= 4 is 24.8 Å². The van der Waals surface area contributed by atoms with Crippen molar-refractivity contribution < 1.29 is 0 Å². The van der Waals surface area contributed by atoms with Crippen LogP contribution in [0.4, 0.5) is 0 Å². The first-order chi connectivity index (χ1) is 13.4. The molecule has 0 aliphatic carbocycles. The summed E-state index contributed by atoms with van der Waals surface area (Å²) in [6.45, 7) is 12.3. The van der Waals surface area contributed by atoms with E-state index >= 15 is 0 Å². The molecule has 0 spiro atoms. The molecule has 1 aromatic carbocycles. The minimum Gasteiger partial charge on any atom is -0.344 e. The minimum absolute atomic E-state index is 1.05. The average molecular weight is 391 g/mol. The van der Waals surface area contributed by atoms with E-state index in [2.05, 4.69) is 99.1 Å². The third-order valence-electron chi connectivity index (χ3n) is 4.58. The van der Waals surface area contributed by atoms with Gasteiger partial charge < -0.3 is 4.57 Å². The van der Waals surface area contributed by atoms with Gasteiger partial charge in [-0.05, 0) is 68.3 Å². The topological polar surface area (TPSA) is 17.8 Å². The van der Waals surface area contributed by atoms with Crippen LogP contribution in [0.1, 0.15) is 31.9 Å². The van der Waals surface area contributed by atoms with Gasteiger partial charge in [0.15, 0.2) is 0 Å². The first-order valence-corrected chi connectivity index (χ1v) is 10.00. The monoisotopic (exact) mass is 390 g/mol. The molecule has 2 heterocycles. The Labute approximate surface area is 174 Å². The second kappa shape index (κ2) is 10.1. The van der Waals surface area contributed by atoms with Gasteiger partial charge in [-0.2, -0.15) is 0 Å². The zero-order valence-electron chi connectivity index (χ0n) is 17.5. The third kappa shape index (κ3) is 5.49. The number of rotatable bonds is 3. The van der Waals surface area contributed by atoms with Crippen molar-refractivity contribution in [2.45, 2.75) is 39.0 Å². The Morgan fingerprint density at radius 1 is 1.25 bits per heavy atom. The van der Waals surface area contributed by atoms with Crippen LogP contribution in [0.25, 0.3) is 23.4 Å². The van der Waals surface area contributed by atoms with Gasteiger partial charge in [0.1, 0.15) is 0 Å². The van der Waals surface area contributed by atoms with E-state index in [4.69, 9.17) is 0 Å². The molecule has 3 rings (SSSR count). The Balaban J connectivity index is 0.000000237. The molecule has 0 aliphatic rings. The summed E-state index contributed by atoms with van der Waals surface area (Å²) in [7, 11) is 2.07. The molecule has 0 amide bonds. The maximum atomic E-state index is 4.33. The lowest BCUT2D eigenvalue weighted by atomic mass is 10.1. The van der Waals surface area contributed by atoms with E-state index in [-0.39, 0.29) is 0 Å². The number of nitrogens with zero attached hydrogens (tertiary/aromatic N) is 2. The van der Waals surface area contributed by atoms with Crippen LogP contribution >= 0.6 is 12.6 Å². The van der Waals surface area contributed by atoms with Gasteiger partial charge in [0.2, 0.25) is 0 Å². The second-order valence-electron chi connectivity index (χ2n) is 6.94. The van der Waals surface area contributed by atoms with Crippen molar-refractivity contribution in [3.05, 3.63) is 82.6 Å². The Bertz CT molecular complexity index is 1060. The summed E-state index contributed by atoms with van der Waals surface area (Å²) in [4.78, 5) is 5.28. The van der Waals surface area contributed by atoms with Gasteiger partial charge in [-0.15, -0.1) is 12.6 Å². The standard InChI is InChI=1S/C16H18N2.C9H12S/c1-5-13-10-16(14-7-6-8-17-11-14)18(4)15(13)9-12(2)3;1-3-8-6-7(2)4-5-9(8)10/h5-11H,2H2,1,3-4H3;4-6,10H,3H2,1-2H3/b13-5-,15-9+;. The molecule has 28 heavy (non-hydrogen) atoms. The molecule has 2 aromatic heterocycles. The number of hydrogen-bond acceptors (Lipinski definition) is 2. The van der Waals surface area contributed by atoms with Crippen molar-refractivity contribution in [1.29, 1.82) is 0 Å². The summed E-state index contributed by atoms with van der Waals surface area (Å²) in [6, 6.07) is 12.5. The number of pyridine rings is 1. The normalized spacial score (nSPS) is 11.9. The maximum absolute atomic E-state index is 4.33. The van der Waals surface area contributed by atoms with Crippen LogP contribution in [0.5, 0.6) is 0 Å². The number of aryl methyl sites for hydroxylation is 2. The number of hydrogen-bond donors (Lipinski definition) is 1. The van der Waals surface area contributed by atoms with Crippen LogP contribution in [0.15, 0.2) is 65.8 Å². The molecule has 146 valence electrons. The fraction of sp³-hybridized carbons (Fsp3) is 0.240. The molecule has 3 heteroatoms. The predicted molar refractivity (Wildman–Crippen MR) is 125 cm³/mol. The summed E-state index contributed by atoms with van der Waals surface area (Å²) in [5, 5.41) is 2.41. The van der Waals surface area contributed by atoms with Gasteiger partial charge in [-0.3, -0.25) is 4.98 Å². The highest BCUT2D eigenvalue weighted by molar-refractivity contribution is 7.80. The number of thiol groups is 1. The largest absolute Gasteiger partial charge is 0.344 e. The average Bonchev–Trinajstić information content (AvgIpc) is 3.00. The van der Waals surface area contributed by atoms with Gasteiger partial charge in [0.05, 0.1) is 5.69 Å². The maximum Gasteiger partial charge on any atom is 0.0504 e. The van der Waals surface area contributed by atoms with E-state index in [1.54, 1.807) is 6.20 Å². The van der Waals surface area contributed by atoms with Crippen LogP contribution in [-0.4, -0.2) is 9.55 Å². The molecule has 0 radical (unpaired) electrons. The zero-order valence-corrected chi connectivity index (χ0v) is 18.4. The molecular weight excluding hydrogens is 360 g/mol.